The zero-order chi connectivity index (χ0) is 24.4. The summed E-state index contributed by atoms with van der Waals surface area (Å²) in [6.07, 6.45) is 6.95. The zero-order valence-electron chi connectivity index (χ0n) is 18.9. The lowest BCUT2D eigenvalue weighted by molar-refractivity contribution is -0.189. The molecule has 4 aliphatic carbocycles. The molecule has 4 rings (SSSR count). The molecule has 3 fully saturated rings. The Bertz CT molecular complexity index is 1040. The van der Waals surface area contributed by atoms with Gasteiger partial charge in [-0.05, 0) is 49.7 Å². The Kier molecular flexibility index (Phi) is 5.72. The number of hydrogen-bond acceptors (Lipinski definition) is 7. The van der Waals surface area contributed by atoms with E-state index in [1.165, 1.54) is 13.0 Å². The molecule has 0 aromatic carbocycles. The molecule has 10 heteroatoms. The summed E-state index contributed by atoms with van der Waals surface area (Å²) in [5.41, 5.74) is -2.36. The van der Waals surface area contributed by atoms with Gasteiger partial charge in [0.2, 0.25) is 5.78 Å². The minimum absolute atomic E-state index is 0.0155. The number of esters is 1. The lowest BCUT2D eigenvalue weighted by Gasteiger charge is -2.57. The molecule has 0 unspecified atom stereocenters. The standard InChI is InChI=1S/C23H29O9P/c1-13(24)32-23(19(27)12-31-33(28,29)30)9-7-17-16-5-4-14-10-15(25)6-8-21(14,2)20(16)18(26)11-22(17,23)3/h6,8,10,16-17,20H,4-5,7,9,11-12H2,1-3H3,(H2,28,29,30)/t16-,17-,20+,21-,22-,23-/m0/s1. The fourth-order valence-electron chi connectivity index (χ4n) is 7.20. The van der Waals surface area contributed by atoms with Crippen LogP contribution in [0.4, 0.5) is 0 Å². The van der Waals surface area contributed by atoms with E-state index in [4.69, 9.17) is 14.5 Å². The second kappa shape index (κ2) is 7.80. The van der Waals surface area contributed by atoms with Gasteiger partial charge in [0.25, 0.3) is 0 Å². The maximum Gasteiger partial charge on any atom is 0.470 e. The molecule has 0 amide bonds. The summed E-state index contributed by atoms with van der Waals surface area (Å²) in [5.74, 6) is -2.15. The van der Waals surface area contributed by atoms with E-state index in [9.17, 15) is 23.7 Å². The number of allylic oxidation sites excluding steroid dienone is 4. The molecule has 0 aliphatic heterocycles. The van der Waals surface area contributed by atoms with Gasteiger partial charge in [-0.2, -0.15) is 0 Å². The normalized spacial score (nSPS) is 39.9. The van der Waals surface area contributed by atoms with E-state index < -0.39 is 42.6 Å². The van der Waals surface area contributed by atoms with Crippen molar-refractivity contribution in [3.8, 4) is 0 Å². The molecule has 6 atom stereocenters. The molecule has 9 nitrogen and oxygen atoms in total. The Hall–Kier alpha value is -1.93. The van der Waals surface area contributed by atoms with Crippen molar-refractivity contribution in [1.82, 2.24) is 0 Å². The van der Waals surface area contributed by atoms with Crippen molar-refractivity contribution in [2.75, 3.05) is 6.61 Å². The molecule has 0 saturated heterocycles. The van der Waals surface area contributed by atoms with Gasteiger partial charge in [-0.1, -0.05) is 25.5 Å². The largest absolute Gasteiger partial charge is 0.470 e. The Morgan fingerprint density at radius 2 is 1.91 bits per heavy atom. The highest BCUT2D eigenvalue weighted by molar-refractivity contribution is 7.46. The maximum atomic E-state index is 13.7. The molecule has 0 aromatic heterocycles. The first-order valence-corrected chi connectivity index (χ1v) is 12.7. The Labute approximate surface area is 191 Å². The van der Waals surface area contributed by atoms with Gasteiger partial charge in [-0.25, -0.2) is 4.57 Å². The van der Waals surface area contributed by atoms with Crippen molar-refractivity contribution < 1.29 is 42.8 Å². The fourth-order valence-corrected chi connectivity index (χ4v) is 7.49. The van der Waals surface area contributed by atoms with Crippen LogP contribution in [0.15, 0.2) is 23.8 Å². The predicted octanol–water partition coefficient (Wildman–Crippen LogP) is 2.45. The topological polar surface area (TPSA) is 144 Å². The summed E-state index contributed by atoms with van der Waals surface area (Å²) >= 11 is 0. The van der Waals surface area contributed by atoms with Crippen LogP contribution in [-0.2, 0) is 33.0 Å². The molecular weight excluding hydrogens is 451 g/mol. The van der Waals surface area contributed by atoms with Crippen LogP contribution < -0.4 is 0 Å². The van der Waals surface area contributed by atoms with Gasteiger partial charge in [0.05, 0.1) is 0 Å². The molecular formula is C23H29O9P. The molecule has 0 bridgehead atoms. The van der Waals surface area contributed by atoms with Gasteiger partial charge in [0.15, 0.2) is 11.4 Å². The second-order valence-electron chi connectivity index (χ2n) is 10.2. The smallest absolute Gasteiger partial charge is 0.451 e. The monoisotopic (exact) mass is 480 g/mol. The van der Waals surface area contributed by atoms with Crippen LogP contribution in [0.25, 0.3) is 0 Å². The summed E-state index contributed by atoms with van der Waals surface area (Å²) in [6.45, 7) is 4.00. The van der Waals surface area contributed by atoms with Gasteiger partial charge in [-0.15, -0.1) is 0 Å². The van der Waals surface area contributed by atoms with Crippen molar-refractivity contribution >= 4 is 31.1 Å². The minimum Gasteiger partial charge on any atom is -0.451 e. The van der Waals surface area contributed by atoms with Crippen molar-refractivity contribution in [3.05, 3.63) is 23.8 Å². The summed E-state index contributed by atoms with van der Waals surface area (Å²) < 4.78 is 21.3. The van der Waals surface area contributed by atoms with E-state index in [1.54, 1.807) is 13.0 Å². The number of rotatable bonds is 5. The number of ether oxygens (including phenoxy) is 1. The highest BCUT2D eigenvalue weighted by Gasteiger charge is 2.70. The first-order chi connectivity index (χ1) is 15.2. The molecule has 0 radical (unpaired) electrons. The van der Waals surface area contributed by atoms with Crippen LogP contribution in [0.3, 0.4) is 0 Å². The highest BCUT2D eigenvalue weighted by atomic mass is 31.2. The Morgan fingerprint density at radius 3 is 2.55 bits per heavy atom. The lowest BCUT2D eigenvalue weighted by atomic mass is 9.46. The average molecular weight is 480 g/mol. The molecule has 4 aliphatic rings. The van der Waals surface area contributed by atoms with Crippen molar-refractivity contribution in [3.63, 3.8) is 0 Å². The van der Waals surface area contributed by atoms with Crippen LogP contribution in [0.1, 0.15) is 52.9 Å². The van der Waals surface area contributed by atoms with Crippen LogP contribution >= 0.6 is 7.82 Å². The predicted molar refractivity (Wildman–Crippen MR) is 115 cm³/mol. The molecule has 0 aromatic rings. The lowest BCUT2D eigenvalue weighted by Crippen LogP contribution is -2.62. The molecule has 180 valence electrons. The van der Waals surface area contributed by atoms with Gasteiger partial charge < -0.3 is 14.5 Å². The van der Waals surface area contributed by atoms with Gasteiger partial charge in [0, 0.05) is 30.1 Å². The number of carbonyl (C=O) groups is 4. The molecule has 0 spiro atoms. The summed E-state index contributed by atoms with van der Waals surface area (Å²) in [4.78, 5) is 69.1. The van der Waals surface area contributed by atoms with Crippen molar-refractivity contribution in [2.45, 2.75) is 58.5 Å². The van der Waals surface area contributed by atoms with E-state index in [0.29, 0.717) is 19.3 Å². The maximum absolute atomic E-state index is 13.7. The third-order valence-electron chi connectivity index (χ3n) is 8.51. The number of fused-ring (bicyclic) bond motifs is 5. The first-order valence-electron chi connectivity index (χ1n) is 11.1. The summed E-state index contributed by atoms with van der Waals surface area (Å²) in [6, 6.07) is 0. The van der Waals surface area contributed by atoms with Gasteiger partial charge >= 0.3 is 13.8 Å². The van der Waals surface area contributed by atoms with E-state index >= 15 is 0 Å². The third-order valence-corrected chi connectivity index (χ3v) is 8.97. The van der Waals surface area contributed by atoms with Crippen molar-refractivity contribution in [2.24, 2.45) is 28.6 Å². The number of phosphoric ester groups is 1. The second-order valence-corrected chi connectivity index (χ2v) is 11.4. The average Bonchev–Trinajstić information content (AvgIpc) is 2.98. The van der Waals surface area contributed by atoms with Gasteiger partial charge in [-0.3, -0.25) is 23.7 Å². The Morgan fingerprint density at radius 1 is 1.21 bits per heavy atom. The Balaban J connectivity index is 1.73. The van der Waals surface area contributed by atoms with E-state index in [2.05, 4.69) is 4.52 Å². The fraction of sp³-hybridized carbons (Fsp3) is 0.652. The van der Waals surface area contributed by atoms with Crippen molar-refractivity contribution in [1.29, 1.82) is 0 Å². The molecule has 0 heterocycles. The summed E-state index contributed by atoms with van der Waals surface area (Å²) in [5, 5.41) is 0. The molecule has 33 heavy (non-hydrogen) atoms. The quantitative estimate of drug-likeness (QED) is 0.448. The van der Waals surface area contributed by atoms with Crippen LogP contribution in [0.5, 0.6) is 0 Å². The molecule has 2 N–H and O–H groups in total. The number of phosphoric acid groups is 1. The molecule has 3 saturated carbocycles. The number of Topliss-reactive ketones (excluding diaryl/α,β-unsaturated/α-hetero) is 2. The van der Waals surface area contributed by atoms with E-state index in [-0.39, 0.29) is 42.2 Å². The summed E-state index contributed by atoms with van der Waals surface area (Å²) in [7, 11) is -4.92. The van der Waals surface area contributed by atoms with Crippen LogP contribution in [-0.4, -0.2) is 45.3 Å². The van der Waals surface area contributed by atoms with Crippen LogP contribution in [0.2, 0.25) is 0 Å². The highest BCUT2D eigenvalue weighted by Crippen LogP contribution is 2.67. The van der Waals surface area contributed by atoms with Crippen LogP contribution in [0, 0.1) is 28.6 Å². The third kappa shape index (κ3) is 3.70. The van der Waals surface area contributed by atoms with E-state index in [1.807, 2.05) is 13.0 Å². The number of carbonyl (C=O) groups excluding carboxylic acids is 4. The SMILES string of the molecule is CC(=O)O[C@]1(C(=O)COP(=O)(O)O)CC[C@H]2[C@@H]3CCC4=CC(=O)C=C[C@]4(C)[C@H]3C(=O)C[C@@]21C. The number of ketones is 3. The first kappa shape index (κ1) is 24.2. The van der Waals surface area contributed by atoms with Gasteiger partial charge in [0.1, 0.15) is 12.4 Å². The minimum atomic E-state index is -4.92. The number of hydrogen-bond donors (Lipinski definition) is 2. The zero-order valence-corrected chi connectivity index (χ0v) is 19.8. The van der Waals surface area contributed by atoms with E-state index in [0.717, 1.165) is 5.57 Å².